The SMILES string of the molecule is CC.CC.Cc1c(C(=O)N(C)CC(O)CO)c(C)c(-c2ccc(C(=O)NC3C(O)OC(CO)C(O)C3O)c(N)c2)c(C)c1C(=O)N(C)CC(O)CO. The second-order valence-corrected chi connectivity index (χ2v) is 12.1. The number of nitrogens with two attached hydrogens (primary N) is 1. The number of carbonyl (C=O) groups excluding carboxylic acids is 3. The van der Waals surface area contributed by atoms with Crippen molar-refractivity contribution in [1.82, 2.24) is 15.1 Å². The summed E-state index contributed by atoms with van der Waals surface area (Å²) in [7, 11) is 2.87. The molecule has 11 N–H and O–H groups in total. The Morgan fingerprint density at radius 1 is 0.808 bits per heavy atom. The quantitative estimate of drug-likeness (QED) is 0.121. The summed E-state index contributed by atoms with van der Waals surface area (Å²) in [6.45, 7) is 10.7. The van der Waals surface area contributed by atoms with Crippen LogP contribution in [0, 0.1) is 20.8 Å². The molecule has 0 radical (unpaired) electrons. The van der Waals surface area contributed by atoms with Gasteiger partial charge in [0.2, 0.25) is 0 Å². The van der Waals surface area contributed by atoms with Gasteiger partial charge < -0.3 is 66.4 Å². The molecular weight excluding hydrogens is 680 g/mol. The highest BCUT2D eigenvalue weighted by molar-refractivity contribution is 6.07. The van der Waals surface area contributed by atoms with Crippen molar-refractivity contribution in [1.29, 1.82) is 0 Å². The van der Waals surface area contributed by atoms with Crippen molar-refractivity contribution in [3.05, 3.63) is 51.6 Å². The van der Waals surface area contributed by atoms with Crippen molar-refractivity contribution in [3.8, 4) is 11.1 Å². The summed E-state index contributed by atoms with van der Waals surface area (Å²) in [5, 5.41) is 81.2. The number of aliphatic hydroxyl groups is 8. The van der Waals surface area contributed by atoms with Crippen LogP contribution in [0.3, 0.4) is 0 Å². The largest absolute Gasteiger partial charge is 0.398 e. The standard InChI is InChI=1S/C32H46N4O12.2C2H6/c1-14-23(17-6-7-20(21(33)8-17)29(44)34-26-28(43)27(42)22(13-39)48-32(26)47)15(2)25(31(46)36(5)10-19(41)12-38)16(3)24(14)30(45)35(4)9-18(40)11-37;2*1-2/h6-8,18-19,22,26-28,32,37-43,47H,9-13,33H2,1-5H3,(H,34,44);2*1-2H3. The molecule has 0 bridgehead atoms. The van der Waals surface area contributed by atoms with Gasteiger partial charge in [0.1, 0.15) is 24.4 Å². The highest BCUT2D eigenvalue weighted by atomic mass is 16.6. The molecule has 1 heterocycles. The van der Waals surface area contributed by atoms with E-state index in [9.17, 15) is 55.2 Å². The lowest BCUT2D eigenvalue weighted by atomic mass is 9.83. The Morgan fingerprint density at radius 3 is 1.67 bits per heavy atom. The van der Waals surface area contributed by atoms with Crippen molar-refractivity contribution in [2.75, 3.05) is 52.7 Å². The van der Waals surface area contributed by atoms with Gasteiger partial charge in [0.05, 0.1) is 37.6 Å². The normalized spacial score (nSPS) is 20.7. The van der Waals surface area contributed by atoms with Crippen LogP contribution in [0.25, 0.3) is 11.1 Å². The first-order chi connectivity index (χ1) is 24.5. The molecule has 2 aromatic rings. The number of anilines is 1. The molecule has 0 saturated carbocycles. The van der Waals surface area contributed by atoms with Gasteiger partial charge in [-0.2, -0.15) is 0 Å². The maximum absolute atomic E-state index is 13.8. The number of rotatable bonds is 12. The van der Waals surface area contributed by atoms with E-state index in [1.165, 1.54) is 42.1 Å². The minimum atomic E-state index is -1.75. The Hall–Kier alpha value is -3.71. The lowest BCUT2D eigenvalue weighted by molar-refractivity contribution is -0.252. The fourth-order valence-corrected chi connectivity index (χ4v) is 6.00. The van der Waals surface area contributed by atoms with E-state index in [1.807, 2.05) is 27.7 Å². The van der Waals surface area contributed by atoms with Crippen LogP contribution in [0.15, 0.2) is 18.2 Å². The number of amides is 3. The van der Waals surface area contributed by atoms with E-state index in [4.69, 9.17) is 10.5 Å². The van der Waals surface area contributed by atoms with E-state index in [-0.39, 0.29) is 35.5 Å². The molecule has 52 heavy (non-hydrogen) atoms. The summed E-state index contributed by atoms with van der Waals surface area (Å²) in [5.74, 6) is -1.92. The topological polar surface area (TPSA) is 267 Å². The molecule has 1 aliphatic heterocycles. The molecule has 2 aromatic carbocycles. The number of nitrogens with one attached hydrogen (secondary N) is 1. The van der Waals surface area contributed by atoms with E-state index in [0.717, 1.165) is 0 Å². The fraction of sp³-hybridized carbons (Fsp3) is 0.583. The van der Waals surface area contributed by atoms with Crippen LogP contribution in [0.4, 0.5) is 5.69 Å². The van der Waals surface area contributed by atoms with Crippen molar-refractivity contribution in [3.63, 3.8) is 0 Å². The third-order valence-electron chi connectivity index (χ3n) is 8.54. The van der Waals surface area contributed by atoms with Gasteiger partial charge in [0.15, 0.2) is 6.29 Å². The summed E-state index contributed by atoms with van der Waals surface area (Å²) < 4.78 is 5.10. The van der Waals surface area contributed by atoms with Gasteiger partial charge in [-0.05, 0) is 60.7 Å². The van der Waals surface area contributed by atoms with Gasteiger partial charge in [-0.1, -0.05) is 33.8 Å². The number of ether oxygens (including phenoxy) is 1. The average molecular weight is 739 g/mol. The van der Waals surface area contributed by atoms with Crippen LogP contribution in [0.2, 0.25) is 0 Å². The molecule has 16 heteroatoms. The van der Waals surface area contributed by atoms with Crippen LogP contribution in [-0.4, -0.2) is 158 Å². The van der Waals surface area contributed by atoms with Gasteiger partial charge in [0, 0.05) is 44.0 Å². The minimum absolute atomic E-state index is 0.0500. The summed E-state index contributed by atoms with van der Waals surface area (Å²) in [4.78, 5) is 43.2. The van der Waals surface area contributed by atoms with Gasteiger partial charge in [-0.3, -0.25) is 14.4 Å². The molecular formula is C36H58N4O12. The molecule has 0 spiro atoms. The summed E-state index contributed by atoms with van der Waals surface area (Å²) in [6, 6.07) is 2.88. The number of nitrogens with zero attached hydrogens (tertiary/aromatic N) is 2. The van der Waals surface area contributed by atoms with Gasteiger partial charge in [-0.15, -0.1) is 0 Å². The van der Waals surface area contributed by atoms with E-state index in [0.29, 0.717) is 27.8 Å². The van der Waals surface area contributed by atoms with E-state index < -0.39 is 80.4 Å². The zero-order valence-corrected chi connectivity index (χ0v) is 31.5. The van der Waals surface area contributed by atoms with Crippen LogP contribution >= 0.6 is 0 Å². The molecule has 3 amide bonds. The van der Waals surface area contributed by atoms with Crippen LogP contribution in [0.5, 0.6) is 0 Å². The average Bonchev–Trinajstić information content (AvgIpc) is 3.12. The number of carbonyl (C=O) groups is 3. The number of likely N-dealkylation sites (N-methyl/N-ethyl adjacent to an activating group) is 2. The Kier molecular flexibility index (Phi) is 18.8. The number of hydrogen-bond acceptors (Lipinski definition) is 13. The summed E-state index contributed by atoms with van der Waals surface area (Å²) >= 11 is 0. The molecule has 7 atom stereocenters. The monoisotopic (exact) mass is 738 g/mol. The van der Waals surface area contributed by atoms with E-state index in [2.05, 4.69) is 5.32 Å². The highest BCUT2D eigenvalue weighted by Gasteiger charge is 2.44. The Bertz CT molecular complexity index is 1450. The van der Waals surface area contributed by atoms with E-state index in [1.54, 1.807) is 20.8 Å². The van der Waals surface area contributed by atoms with Crippen LogP contribution < -0.4 is 11.1 Å². The lowest BCUT2D eigenvalue weighted by Crippen LogP contribution is -2.64. The molecule has 1 saturated heterocycles. The molecule has 294 valence electrons. The fourth-order valence-electron chi connectivity index (χ4n) is 6.00. The van der Waals surface area contributed by atoms with Crippen molar-refractivity contribution >= 4 is 23.4 Å². The van der Waals surface area contributed by atoms with Crippen molar-refractivity contribution in [2.45, 2.75) is 91.3 Å². The number of hydrogen-bond donors (Lipinski definition) is 10. The summed E-state index contributed by atoms with van der Waals surface area (Å²) in [5.41, 5.74) is 8.55. The smallest absolute Gasteiger partial charge is 0.254 e. The lowest BCUT2D eigenvalue weighted by Gasteiger charge is -2.40. The Morgan fingerprint density at radius 2 is 1.27 bits per heavy atom. The third kappa shape index (κ3) is 10.5. The Balaban J connectivity index is 0.00000326. The summed E-state index contributed by atoms with van der Waals surface area (Å²) in [6.07, 6.45) is -8.70. The first kappa shape index (κ1) is 46.3. The predicted octanol–water partition coefficient (Wildman–Crippen LogP) is -0.706. The molecule has 0 aliphatic carbocycles. The zero-order chi connectivity index (χ0) is 40.2. The van der Waals surface area contributed by atoms with Crippen molar-refractivity contribution in [2.24, 2.45) is 0 Å². The second-order valence-electron chi connectivity index (χ2n) is 12.1. The molecule has 0 aromatic heterocycles. The number of aliphatic hydroxyl groups excluding tert-OH is 8. The first-order valence-corrected chi connectivity index (χ1v) is 17.2. The van der Waals surface area contributed by atoms with Crippen molar-refractivity contribution < 1.29 is 60.0 Å². The molecule has 1 fully saturated rings. The highest BCUT2D eigenvalue weighted by Crippen LogP contribution is 2.37. The van der Waals surface area contributed by atoms with Gasteiger partial charge in [-0.25, -0.2) is 0 Å². The molecule has 7 unspecified atom stereocenters. The number of nitrogen functional groups attached to an aromatic ring is 1. The molecule has 1 aliphatic rings. The second kappa shape index (κ2) is 21.1. The van der Waals surface area contributed by atoms with E-state index >= 15 is 0 Å². The van der Waals surface area contributed by atoms with Gasteiger partial charge in [0.25, 0.3) is 17.7 Å². The first-order valence-electron chi connectivity index (χ1n) is 17.2. The third-order valence-corrected chi connectivity index (χ3v) is 8.54. The minimum Gasteiger partial charge on any atom is -0.398 e. The maximum Gasteiger partial charge on any atom is 0.254 e. The molecule has 3 rings (SSSR count). The predicted molar refractivity (Wildman–Crippen MR) is 195 cm³/mol. The number of benzene rings is 2. The molecule has 16 nitrogen and oxygen atoms in total. The zero-order valence-electron chi connectivity index (χ0n) is 31.5. The van der Waals surface area contributed by atoms with Crippen LogP contribution in [0.1, 0.15) is 75.5 Å². The maximum atomic E-state index is 13.8. The van der Waals surface area contributed by atoms with Crippen LogP contribution in [-0.2, 0) is 4.74 Å². The Labute approximate surface area is 305 Å². The van der Waals surface area contributed by atoms with Gasteiger partial charge >= 0.3 is 0 Å².